The third-order valence-corrected chi connectivity index (χ3v) is 4.07. The molecule has 18 heavy (non-hydrogen) atoms. The number of carbonyl (C=O) groups excluding carboxylic acids is 1. The molecule has 96 valence electrons. The van der Waals surface area contributed by atoms with Crippen molar-refractivity contribution in [3.8, 4) is 0 Å². The van der Waals surface area contributed by atoms with Gasteiger partial charge < -0.3 is 16.0 Å². The van der Waals surface area contributed by atoms with Gasteiger partial charge in [-0.05, 0) is 30.4 Å². The summed E-state index contributed by atoms with van der Waals surface area (Å²) in [6, 6.07) is 1.84. The van der Waals surface area contributed by atoms with Crippen molar-refractivity contribution < 1.29 is 4.79 Å². The third kappa shape index (κ3) is 1.75. The number of aromatic nitrogens is 1. The van der Waals surface area contributed by atoms with Gasteiger partial charge in [0.1, 0.15) is 5.82 Å². The Balaban J connectivity index is 1.93. The highest BCUT2D eigenvalue weighted by molar-refractivity contribution is 5.99. The molecule has 2 atom stereocenters. The molecule has 0 radical (unpaired) electrons. The largest absolute Gasteiger partial charge is 0.365 e. The van der Waals surface area contributed by atoms with Crippen molar-refractivity contribution in [2.45, 2.75) is 6.92 Å². The van der Waals surface area contributed by atoms with Crippen LogP contribution in [0.5, 0.6) is 0 Å². The minimum absolute atomic E-state index is 0.384. The second kappa shape index (κ2) is 4.24. The van der Waals surface area contributed by atoms with E-state index in [1.165, 1.54) is 0 Å². The summed E-state index contributed by atoms with van der Waals surface area (Å²) in [6.07, 6.45) is 1.75. The number of hydrogen-bond acceptors (Lipinski definition) is 4. The lowest BCUT2D eigenvalue weighted by Gasteiger charge is -2.21. The molecule has 0 bridgehead atoms. The molecule has 0 aliphatic carbocycles. The minimum atomic E-state index is -0.384. The van der Waals surface area contributed by atoms with Gasteiger partial charge in [0.05, 0.1) is 5.56 Å². The molecule has 0 aromatic carbocycles. The van der Waals surface area contributed by atoms with Crippen molar-refractivity contribution in [2.24, 2.45) is 17.6 Å². The first kappa shape index (κ1) is 11.5. The van der Waals surface area contributed by atoms with E-state index in [0.29, 0.717) is 17.4 Å². The molecule has 2 aliphatic rings. The first-order valence-corrected chi connectivity index (χ1v) is 6.38. The normalized spacial score (nSPS) is 26.4. The molecule has 0 spiro atoms. The summed E-state index contributed by atoms with van der Waals surface area (Å²) in [6.45, 7) is 5.98. The predicted molar refractivity (Wildman–Crippen MR) is 69.6 cm³/mol. The highest BCUT2D eigenvalue weighted by Gasteiger charge is 2.37. The van der Waals surface area contributed by atoms with Crippen LogP contribution < -0.4 is 16.0 Å². The fraction of sp³-hybridized carbons (Fsp3) is 0.538. The van der Waals surface area contributed by atoms with E-state index in [1.807, 2.05) is 13.0 Å². The number of anilines is 1. The van der Waals surface area contributed by atoms with Crippen molar-refractivity contribution in [1.29, 1.82) is 0 Å². The van der Waals surface area contributed by atoms with Crippen molar-refractivity contribution in [3.63, 3.8) is 0 Å². The lowest BCUT2D eigenvalue weighted by atomic mass is 10.0. The van der Waals surface area contributed by atoms with Crippen LogP contribution in [0.15, 0.2) is 12.3 Å². The standard InChI is InChI=1S/C13H18N4O/c1-8-2-3-16-13(11(8)12(14)18)17-6-9-4-15-5-10(9)7-17/h2-3,9-10,15H,4-7H2,1H3,(H2,14,18)/t9-,10+. The molecule has 1 aromatic heterocycles. The van der Waals surface area contributed by atoms with Crippen molar-refractivity contribution in [1.82, 2.24) is 10.3 Å². The fourth-order valence-electron chi connectivity index (χ4n) is 3.12. The van der Waals surface area contributed by atoms with Crippen LogP contribution in [-0.4, -0.2) is 37.1 Å². The van der Waals surface area contributed by atoms with Crippen LogP contribution in [0.3, 0.4) is 0 Å². The number of primary amides is 1. The lowest BCUT2D eigenvalue weighted by molar-refractivity contribution is 0.1000. The van der Waals surface area contributed by atoms with Crippen LogP contribution in [0, 0.1) is 18.8 Å². The lowest BCUT2D eigenvalue weighted by Crippen LogP contribution is -2.29. The topological polar surface area (TPSA) is 71.2 Å². The molecule has 2 aliphatic heterocycles. The van der Waals surface area contributed by atoms with Gasteiger partial charge in [-0.15, -0.1) is 0 Å². The number of amides is 1. The number of nitrogens with two attached hydrogens (primary N) is 1. The number of nitrogens with zero attached hydrogens (tertiary/aromatic N) is 2. The SMILES string of the molecule is Cc1ccnc(N2C[C@H]3CNC[C@H]3C2)c1C(N)=O. The van der Waals surface area contributed by atoms with Gasteiger partial charge in [0.2, 0.25) is 0 Å². The second-order valence-corrected chi connectivity index (χ2v) is 5.27. The van der Waals surface area contributed by atoms with E-state index < -0.39 is 0 Å². The van der Waals surface area contributed by atoms with Crippen LogP contribution in [-0.2, 0) is 0 Å². The Hall–Kier alpha value is -1.62. The maximum atomic E-state index is 11.6. The highest BCUT2D eigenvalue weighted by Crippen LogP contribution is 2.31. The van der Waals surface area contributed by atoms with Crippen LogP contribution in [0.2, 0.25) is 0 Å². The number of nitrogens with one attached hydrogen (secondary N) is 1. The number of rotatable bonds is 2. The van der Waals surface area contributed by atoms with E-state index in [0.717, 1.165) is 37.6 Å². The molecule has 1 amide bonds. The van der Waals surface area contributed by atoms with Crippen LogP contribution in [0.25, 0.3) is 0 Å². The van der Waals surface area contributed by atoms with E-state index in [2.05, 4.69) is 15.2 Å². The molecule has 5 nitrogen and oxygen atoms in total. The molecule has 1 aromatic rings. The zero-order valence-corrected chi connectivity index (χ0v) is 10.5. The summed E-state index contributed by atoms with van der Waals surface area (Å²) >= 11 is 0. The zero-order chi connectivity index (χ0) is 12.7. The van der Waals surface area contributed by atoms with E-state index in [-0.39, 0.29) is 5.91 Å². The molecular weight excluding hydrogens is 228 g/mol. The first-order chi connectivity index (χ1) is 8.66. The Labute approximate surface area is 106 Å². The summed E-state index contributed by atoms with van der Waals surface area (Å²) in [7, 11) is 0. The van der Waals surface area contributed by atoms with E-state index in [1.54, 1.807) is 6.20 Å². The Morgan fingerprint density at radius 3 is 2.72 bits per heavy atom. The number of hydrogen-bond donors (Lipinski definition) is 2. The van der Waals surface area contributed by atoms with E-state index in [4.69, 9.17) is 5.73 Å². The predicted octanol–water partition coefficient (Wildman–Crippen LogP) is 0.145. The van der Waals surface area contributed by atoms with Crippen LogP contribution >= 0.6 is 0 Å². The first-order valence-electron chi connectivity index (χ1n) is 6.38. The Kier molecular flexibility index (Phi) is 2.70. The Bertz CT molecular complexity index is 476. The number of aryl methyl sites for hydroxylation is 1. The molecule has 2 saturated heterocycles. The molecule has 3 heterocycles. The molecule has 0 unspecified atom stereocenters. The molecule has 3 N–H and O–H groups in total. The minimum Gasteiger partial charge on any atom is -0.365 e. The van der Waals surface area contributed by atoms with Gasteiger partial charge in [-0.1, -0.05) is 0 Å². The average Bonchev–Trinajstić information content (AvgIpc) is 2.87. The summed E-state index contributed by atoms with van der Waals surface area (Å²) < 4.78 is 0. The van der Waals surface area contributed by atoms with Gasteiger partial charge in [0.25, 0.3) is 5.91 Å². The maximum Gasteiger partial charge on any atom is 0.252 e. The fourth-order valence-corrected chi connectivity index (χ4v) is 3.12. The van der Waals surface area contributed by atoms with Crippen molar-refractivity contribution in [3.05, 3.63) is 23.4 Å². The molecule has 0 saturated carbocycles. The third-order valence-electron chi connectivity index (χ3n) is 4.07. The smallest absolute Gasteiger partial charge is 0.252 e. The maximum absolute atomic E-state index is 11.6. The van der Waals surface area contributed by atoms with Gasteiger partial charge in [-0.25, -0.2) is 4.98 Å². The summed E-state index contributed by atoms with van der Waals surface area (Å²) in [5.74, 6) is 1.73. The summed E-state index contributed by atoms with van der Waals surface area (Å²) in [4.78, 5) is 18.2. The van der Waals surface area contributed by atoms with E-state index >= 15 is 0 Å². The highest BCUT2D eigenvalue weighted by atomic mass is 16.1. The summed E-state index contributed by atoms with van der Waals surface area (Å²) in [5, 5.41) is 3.41. The van der Waals surface area contributed by atoms with E-state index in [9.17, 15) is 4.79 Å². The molecule has 5 heteroatoms. The monoisotopic (exact) mass is 246 g/mol. The van der Waals surface area contributed by atoms with Gasteiger partial charge in [0.15, 0.2) is 0 Å². The average molecular weight is 246 g/mol. The van der Waals surface area contributed by atoms with Crippen LogP contribution in [0.1, 0.15) is 15.9 Å². The van der Waals surface area contributed by atoms with Crippen molar-refractivity contribution >= 4 is 11.7 Å². The second-order valence-electron chi connectivity index (χ2n) is 5.27. The Morgan fingerprint density at radius 1 is 1.44 bits per heavy atom. The number of pyridine rings is 1. The van der Waals surface area contributed by atoms with Gasteiger partial charge in [-0.3, -0.25) is 4.79 Å². The zero-order valence-electron chi connectivity index (χ0n) is 10.5. The van der Waals surface area contributed by atoms with Gasteiger partial charge in [0, 0.05) is 32.4 Å². The quantitative estimate of drug-likeness (QED) is 0.779. The number of fused-ring (bicyclic) bond motifs is 1. The van der Waals surface area contributed by atoms with Gasteiger partial charge in [-0.2, -0.15) is 0 Å². The van der Waals surface area contributed by atoms with Crippen molar-refractivity contribution in [2.75, 3.05) is 31.1 Å². The molecular formula is C13H18N4O. The Morgan fingerprint density at radius 2 is 2.11 bits per heavy atom. The van der Waals surface area contributed by atoms with Crippen LogP contribution in [0.4, 0.5) is 5.82 Å². The molecule has 3 rings (SSSR count). The number of carbonyl (C=O) groups is 1. The molecule has 2 fully saturated rings. The van der Waals surface area contributed by atoms with Gasteiger partial charge >= 0.3 is 0 Å². The summed E-state index contributed by atoms with van der Waals surface area (Å²) in [5.41, 5.74) is 6.96.